The fourth-order valence-electron chi connectivity index (χ4n) is 6.41. The Bertz CT molecular complexity index is 1810. The Labute approximate surface area is 267 Å². The monoisotopic (exact) mass is 621 g/mol. The number of allylic oxidation sites excluding steroid dienone is 1. The first-order valence-electron chi connectivity index (χ1n) is 15.9. The molecule has 5 aromatic rings. The van der Waals surface area contributed by atoms with E-state index in [1.807, 2.05) is 67.1 Å². The van der Waals surface area contributed by atoms with E-state index in [0.717, 1.165) is 66.9 Å². The molecule has 0 spiro atoms. The number of piperidine rings is 3. The fraction of sp³-hybridized carbons (Fsp3) is 0.382. The molecular formula is C34H39N9O3. The van der Waals surface area contributed by atoms with Crippen LogP contribution in [0.2, 0.25) is 0 Å². The average Bonchev–Trinajstić information content (AvgIpc) is 3.71. The van der Waals surface area contributed by atoms with Crippen LogP contribution in [0.1, 0.15) is 50.5 Å². The van der Waals surface area contributed by atoms with Crippen molar-refractivity contribution in [1.82, 2.24) is 34.8 Å². The Morgan fingerprint density at radius 1 is 1.09 bits per heavy atom. The topological polar surface area (TPSA) is 139 Å². The summed E-state index contributed by atoms with van der Waals surface area (Å²) in [6.45, 7) is 11.4. The highest BCUT2D eigenvalue weighted by molar-refractivity contribution is 5.87. The van der Waals surface area contributed by atoms with E-state index in [0.29, 0.717) is 35.6 Å². The zero-order valence-corrected chi connectivity index (χ0v) is 26.2. The lowest BCUT2D eigenvalue weighted by Gasteiger charge is -2.46. The van der Waals surface area contributed by atoms with E-state index in [1.165, 1.54) is 0 Å². The smallest absolute Gasteiger partial charge is 0.263 e. The molecule has 0 saturated carbocycles. The van der Waals surface area contributed by atoms with Gasteiger partial charge in [-0.05, 0) is 76.5 Å². The maximum Gasteiger partial charge on any atom is 0.263 e. The van der Waals surface area contributed by atoms with Gasteiger partial charge in [0.1, 0.15) is 11.4 Å². The van der Waals surface area contributed by atoms with Crippen LogP contribution in [-0.4, -0.2) is 72.2 Å². The highest BCUT2D eigenvalue weighted by atomic mass is 16.5. The molecule has 238 valence electrons. The molecule has 3 aliphatic heterocycles. The molecule has 3 N–H and O–H groups in total. The third-order valence-corrected chi connectivity index (χ3v) is 8.93. The molecule has 6 heterocycles. The summed E-state index contributed by atoms with van der Waals surface area (Å²) in [5.74, 6) is 2.63. The van der Waals surface area contributed by atoms with Gasteiger partial charge in [0.25, 0.3) is 5.89 Å². The Morgan fingerprint density at radius 3 is 2.59 bits per heavy atom. The Hall–Kier alpha value is -4.81. The SMILES string of the molecule is C=CCn1nc2cc(Nc3ncc(-c4nc(C56CCN(CC5)CC6)no4)c(N[C@H](CO)c4ccccc4)n3)ccc2c1OC(C)C. The zero-order chi connectivity index (χ0) is 31.7. The molecule has 3 aromatic heterocycles. The summed E-state index contributed by atoms with van der Waals surface area (Å²) >= 11 is 0. The summed E-state index contributed by atoms with van der Waals surface area (Å²) in [6.07, 6.45) is 6.56. The second-order valence-electron chi connectivity index (χ2n) is 12.3. The van der Waals surface area contributed by atoms with Gasteiger partial charge in [-0.15, -0.1) is 6.58 Å². The average molecular weight is 622 g/mol. The van der Waals surface area contributed by atoms with Crippen molar-refractivity contribution in [3.8, 4) is 17.3 Å². The number of rotatable bonds is 12. The van der Waals surface area contributed by atoms with Gasteiger partial charge in [-0.3, -0.25) is 0 Å². The van der Waals surface area contributed by atoms with E-state index in [1.54, 1.807) is 12.3 Å². The van der Waals surface area contributed by atoms with Crippen LogP contribution in [0.25, 0.3) is 22.4 Å². The van der Waals surface area contributed by atoms with Gasteiger partial charge in [-0.1, -0.05) is 41.6 Å². The van der Waals surface area contributed by atoms with Gasteiger partial charge in [-0.25, -0.2) is 9.67 Å². The van der Waals surface area contributed by atoms with Crippen molar-refractivity contribution in [3.63, 3.8) is 0 Å². The molecule has 2 aromatic carbocycles. The standard InChI is InChI=1S/C34H39N9O3/c1-4-15-43-31(45-22(2)3)25-11-10-24(19-27(25)40-43)36-33-35-20-26(29(38-33)37-28(21-44)23-8-6-5-7-9-23)30-39-32(41-46-30)34-12-16-42(17-13-34)18-14-34/h4-11,19-20,22,28,44H,1,12-18,21H2,2-3H3,(H2,35,36,37,38)/t28-/m1/s1. The first kappa shape index (κ1) is 29.9. The summed E-state index contributed by atoms with van der Waals surface area (Å²) < 4.78 is 13.8. The zero-order valence-electron chi connectivity index (χ0n) is 26.2. The summed E-state index contributed by atoms with van der Waals surface area (Å²) in [6, 6.07) is 15.2. The molecule has 0 unspecified atom stereocenters. The van der Waals surface area contributed by atoms with Crippen molar-refractivity contribution >= 4 is 28.4 Å². The number of hydrogen-bond acceptors (Lipinski definition) is 11. The van der Waals surface area contributed by atoms with Gasteiger partial charge in [0, 0.05) is 17.3 Å². The summed E-state index contributed by atoms with van der Waals surface area (Å²) in [7, 11) is 0. The van der Waals surface area contributed by atoms with Gasteiger partial charge >= 0.3 is 0 Å². The van der Waals surface area contributed by atoms with Gasteiger partial charge < -0.3 is 29.9 Å². The van der Waals surface area contributed by atoms with Gasteiger partial charge in [0.05, 0.1) is 36.2 Å². The quantitative estimate of drug-likeness (QED) is 0.153. The lowest BCUT2D eigenvalue weighted by atomic mass is 9.71. The Morgan fingerprint density at radius 2 is 1.87 bits per heavy atom. The van der Waals surface area contributed by atoms with E-state index in [9.17, 15) is 5.11 Å². The molecule has 0 radical (unpaired) electrons. The molecule has 46 heavy (non-hydrogen) atoms. The van der Waals surface area contributed by atoms with Crippen molar-refractivity contribution in [2.24, 2.45) is 0 Å². The molecule has 12 heteroatoms. The van der Waals surface area contributed by atoms with E-state index in [-0.39, 0.29) is 18.1 Å². The van der Waals surface area contributed by atoms with E-state index < -0.39 is 6.04 Å². The number of anilines is 3. The maximum absolute atomic E-state index is 10.4. The van der Waals surface area contributed by atoms with Crippen LogP contribution in [0.15, 0.2) is 71.9 Å². The molecule has 2 bridgehead atoms. The molecule has 12 nitrogen and oxygen atoms in total. The molecule has 3 aliphatic rings. The van der Waals surface area contributed by atoms with Crippen LogP contribution in [0.3, 0.4) is 0 Å². The van der Waals surface area contributed by atoms with Gasteiger partial charge in [-0.2, -0.15) is 15.1 Å². The van der Waals surface area contributed by atoms with Crippen LogP contribution < -0.4 is 15.4 Å². The predicted molar refractivity (Wildman–Crippen MR) is 176 cm³/mol. The van der Waals surface area contributed by atoms with Crippen molar-refractivity contribution in [2.45, 2.75) is 57.2 Å². The normalized spacial score (nSPS) is 19.8. The van der Waals surface area contributed by atoms with Gasteiger partial charge in [0.2, 0.25) is 11.8 Å². The molecule has 8 rings (SSSR count). The summed E-state index contributed by atoms with van der Waals surface area (Å²) in [4.78, 5) is 16.9. The van der Waals surface area contributed by atoms with Crippen molar-refractivity contribution in [1.29, 1.82) is 0 Å². The maximum atomic E-state index is 10.4. The second kappa shape index (κ2) is 12.5. The highest BCUT2D eigenvalue weighted by Crippen LogP contribution is 2.42. The van der Waals surface area contributed by atoms with Crippen molar-refractivity contribution in [2.75, 3.05) is 36.9 Å². The number of ether oxygens (including phenoxy) is 1. The van der Waals surface area contributed by atoms with Crippen molar-refractivity contribution < 1.29 is 14.4 Å². The Kier molecular flexibility index (Phi) is 8.14. The van der Waals surface area contributed by atoms with Crippen molar-refractivity contribution in [3.05, 3.63) is 78.8 Å². The highest BCUT2D eigenvalue weighted by Gasteiger charge is 2.44. The number of aliphatic hydroxyl groups excluding tert-OH is 1. The number of nitrogens with one attached hydrogen (secondary N) is 2. The van der Waals surface area contributed by atoms with Crippen LogP contribution in [0.4, 0.5) is 17.5 Å². The number of benzene rings is 2. The number of hydrogen-bond donors (Lipinski definition) is 3. The predicted octanol–water partition coefficient (Wildman–Crippen LogP) is 5.48. The van der Waals surface area contributed by atoms with Crippen LogP contribution in [-0.2, 0) is 12.0 Å². The second-order valence-corrected chi connectivity index (χ2v) is 12.3. The minimum atomic E-state index is -0.420. The first-order chi connectivity index (χ1) is 22.4. The van der Waals surface area contributed by atoms with Crippen LogP contribution in [0.5, 0.6) is 5.88 Å². The third kappa shape index (κ3) is 5.81. The number of fused-ring (bicyclic) bond motifs is 4. The third-order valence-electron chi connectivity index (χ3n) is 8.93. The largest absolute Gasteiger partial charge is 0.475 e. The lowest BCUT2D eigenvalue weighted by Crippen LogP contribution is -2.51. The minimum absolute atomic E-state index is 0.00279. The van der Waals surface area contributed by atoms with Crippen LogP contribution >= 0.6 is 0 Å². The first-order valence-corrected chi connectivity index (χ1v) is 15.9. The number of nitrogens with zero attached hydrogens (tertiary/aromatic N) is 7. The summed E-state index contributed by atoms with van der Waals surface area (Å²) in [5.41, 5.74) is 2.96. The molecule has 0 amide bonds. The molecule has 3 saturated heterocycles. The van der Waals surface area contributed by atoms with Gasteiger partial charge in [0.15, 0.2) is 5.82 Å². The Balaban J connectivity index is 1.22. The number of aliphatic hydroxyl groups is 1. The van der Waals surface area contributed by atoms with Crippen LogP contribution in [0, 0.1) is 0 Å². The minimum Gasteiger partial charge on any atom is -0.475 e. The molecular weight excluding hydrogens is 582 g/mol. The summed E-state index contributed by atoms with van der Waals surface area (Å²) in [5, 5.41) is 27.2. The molecule has 1 atom stereocenters. The lowest BCUT2D eigenvalue weighted by molar-refractivity contribution is 0.0747. The number of aromatic nitrogens is 6. The molecule has 0 aliphatic carbocycles. The fourth-order valence-corrected chi connectivity index (χ4v) is 6.41. The van der Waals surface area contributed by atoms with E-state index in [2.05, 4.69) is 32.3 Å². The van der Waals surface area contributed by atoms with E-state index in [4.69, 9.17) is 24.3 Å². The van der Waals surface area contributed by atoms with E-state index >= 15 is 0 Å². The molecule has 3 fully saturated rings.